The summed E-state index contributed by atoms with van der Waals surface area (Å²) in [5.74, 6) is 0.271. The molecule has 0 atom stereocenters. The highest BCUT2D eigenvalue weighted by Crippen LogP contribution is 2.23. The number of hydrogen-bond acceptors (Lipinski definition) is 6. The van der Waals surface area contributed by atoms with Crippen molar-refractivity contribution in [2.24, 2.45) is 0 Å². The second kappa shape index (κ2) is 8.57. The van der Waals surface area contributed by atoms with Gasteiger partial charge in [0.05, 0.1) is 0 Å². The Bertz CT molecular complexity index is 1170. The lowest BCUT2D eigenvalue weighted by atomic mass is 10.1. The first kappa shape index (κ1) is 18.7. The van der Waals surface area contributed by atoms with Gasteiger partial charge in [-0.15, -0.1) is 11.8 Å². The van der Waals surface area contributed by atoms with Gasteiger partial charge in [0.15, 0.2) is 5.82 Å². The maximum Gasteiger partial charge on any atom is 0.439 e. The molecule has 2 N–H and O–H groups in total. The number of H-pyrrole nitrogens is 1. The summed E-state index contributed by atoms with van der Waals surface area (Å²) < 4.78 is 4.51. The number of carbonyl (C=O) groups excluding carboxylic acids is 1. The van der Waals surface area contributed by atoms with Crippen molar-refractivity contribution in [3.8, 4) is 11.4 Å². The van der Waals surface area contributed by atoms with Crippen LogP contribution in [0.1, 0.15) is 15.9 Å². The van der Waals surface area contributed by atoms with Crippen LogP contribution in [-0.2, 0) is 5.75 Å². The first-order chi connectivity index (χ1) is 14.2. The summed E-state index contributed by atoms with van der Waals surface area (Å²) in [5.41, 5.74) is 2.92. The van der Waals surface area contributed by atoms with Gasteiger partial charge in [-0.05, 0) is 48.0 Å². The molecular weight excluding hydrogens is 388 g/mol. The molecule has 144 valence electrons. The molecule has 0 aliphatic heterocycles. The Hall–Kier alpha value is -3.65. The number of rotatable bonds is 6. The lowest BCUT2D eigenvalue weighted by molar-refractivity contribution is 0.102. The van der Waals surface area contributed by atoms with Gasteiger partial charge < -0.3 is 5.32 Å². The van der Waals surface area contributed by atoms with Crippen molar-refractivity contribution < 1.29 is 9.32 Å². The van der Waals surface area contributed by atoms with Crippen LogP contribution in [0.15, 0.2) is 87.3 Å². The number of carbonyl (C=O) groups is 1. The number of anilines is 1. The van der Waals surface area contributed by atoms with Gasteiger partial charge in [0.1, 0.15) is 0 Å². The second-order valence-corrected chi connectivity index (χ2v) is 7.20. The highest BCUT2D eigenvalue weighted by atomic mass is 32.2. The molecule has 4 aromatic rings. The molecule has 0 fully saturated rings. The third-order valence-electron chi connectivity index (χ3n) is 4.08. The zero-order chi connectivity index (χ0) is 20.1. The monoisotopic (exact) mass is 404 g/mol. The van der Waals surface area contributed by atoms with Crippen molar-refractivity contribution in [1.29, 1.82) is 0 Å². The average molecular weight is 404 g/mol. The number of nitrogens with zero attached hydrogens (tertiary/aromatic N) is 2. The van der Waals surface area contributed by atoms with E-state index in [0.29, 0.717) is 22.6 Å². The number of hydrogen-bond donors (Lipinski definition) is 2. The molecule has 1 amide bonds. The van der Waals surface area contributed by atoms with Gasteiger partial charge in [-0.2, -0.15) is 0 Å². The van der Waals surface area contributed by atoms with Gasteiger partial charge in [0.25, 0.3) is 5.91 Å². The van der Waals surface area contributed by atoms with Crippen LogP contribution in [0.5, 0.6) is 0 Å². The largest absolute Gasteiger partial charge is 0.439 e. The molecule has 8 heteroatoms. The fourth-order valence-corrected chi connectivity index (χ4v) is 3.49. The smallest absolute Gasteiger partial charge is 0.322 e. The van der Waals surface area contributed by atoms with Gasteiger partial charge >= 0.3 is 5.76 Å². The van der Waals surface area contributed by atoms with Crippen molar-refractivity contribution in [1.82, 2.24) is 15.1 Å². The molecule has 2 aromatic carbocycles. The van der Waals surface area contributed by atoms with Crippen molar-refractivity contribution in [2.75, 3.05) is 5.32 Å². The van der Waals surface area contributed by atoms with E-state index in [0.717, 1.165) is 16.2 Å². The number of pyridine rings is 1. The maximum atomic E-state index is 12.5. The van der Waals surface area contributed by atoms with E-state index >= 15 is 0 Å². The Morgan fingerprint density at radius 2 is 1.97 bits per heavy atom. The van der Waals surface area contributed by atoms with E-state index in [9.17, 15) is 9.59 Å². The zero-order valence-corrected chi connectivity index (χ0v) is 16.0. The summed E-state index contributed by atoms with van der Waals surface area (Å²) in [7, 11) is 0. The Labute approximate surface area is 170 Å². The van der Waals surface area contributed by atoms with Crippen LogP contribution in [0, 0.1) is 0 Å². The number of aromatic amines is 1. The Morgan fingerprint density at radius 3 is 2.69 bits per heavy atom. The highest BCUT2D eigenvalue weighted by molar-refractivity contribution is 7.98. The molecule has 0 saturated heterocycles. The normalized spacial score (nSPS) is 10.6. The number of aromatic nitrogens is 3. The fourth-order valence-electron chi connectivity index (χ4n) is 2.65. The first-order valence-electron chi connectivity index (χ1n) is 8.77. The van der Waals surface area contributed by atoms with Crippen LogP contribution in [0.3, 0.4) is 0 Å². The van der Waals surface area contributed by atoms with Gasteiger partial charge in [-0.1, -0.05) is 23.4 Å². The van der Waals surface area contributed by atoms with E-state index in [4.69, 9.17) is 0 Å². The predicted octanol–water partition coefficient (Wildman–Crippen LogP) is 3.97. The first-order valence-corrected chi connectivity index (χ1v) is 9.75. The highest BCUT2D eigenvalue weighted by Gasteiger charge is 2.09. The Kier molecular flexibility index (Phi) is 5.53. The van der Waals surface area contributed by atoms with Crippen molar-refractivity contribution in [3.05, 3.63) is 94.7 Å². The second-order valence-electron chi connectivity index (χ2n) is 6.15. The van der Waals surface area contributed by atoms with Crippen LogP contribution in [0.4, 0.5) is 5.69 Å². The fraction of sp³-hybridized carbons (Fsp3) is 0.0476. The Balaban J connectivity index is 1.40. The summed E-state index contributed by atoms with van der Waals surface area (Å²) in [6.07, 6.45) is 3.60. The molecule has 4 rings (SSSR count). The average Bonchev–Trinajstić information content (AvgIpc) is 3.20. The topological polar surface area (TPSA) is 101 Å². The molecule has 2 heterocycles. The van der Waals surface area contributed by atoms with E-state index in [-0.39, 0.29) is 5.91 Å². The minimum Gasteiger partial charge on any atom is -0.322 e. The molecule has 0 unspecified atom stereocenters. The number of amides is 1. The van der Waals surface area contributed by atoms with Gasteiger partial charge in [-0.25, -0.2) is 4.79 Å². The molecule has 0 bridgehead atoms. The van der Waals surface area contributed by atoms with E-state index in [2.05, 4.69) is 25.0 Å². The van der Waals surface area contributed by atoms with Crippen LogP contribution in [-0.4, -0.2) is 21.0 Å². The van der Waals surface area contributed by atoms with Crippen LogP contribution >= 0.6 is 11.8 Å². The molecule has 0 aliphatic rings. The number of thioether (sulfide) groups is 1. The molecular formula is C21H16N4O3S. The van der Waals surface area contributed by atoms with Crippen molar-refractivity contribution in [3.63, 3.8) is 0 Å². The molecule has 0 saturated carbocycles. The lowest BCUT2D eigenvalue weighted by Crippen LogP contribution is -2.11. The molecule has 29 heavy (non-hydrogen) atoms. The molecule has 0 radical (unpaired) electrons. The molecule has 7 nitrogen and oxygen atoms in total. The van der Waals surface area contributed by atoms with Crippen LogP contribution in [0.25, 0.3) is 11.4 Å². The van der Waals surface area contributed by atoms with Gasteiger partial charge in [0, 0.05) is 39.9 Å². The summed E-state index contributed by atoms with van der Waals surface area (Å²) in [6, 6.07) is 18.4. The summed E-state index contributed by atoms with van der Waals surface area (Å²) in [4.78, 5) is 31.3. The summed E-state index contributed by atoms with van der Waals surface area (Å²) in [5, 5.41) is 6.50. The van der Waals surface area contributed by atoms with Crippen molar-refractivity contribution in [2.45, 2.75) is 10.6 Å². The zero-order valence-electron chi connectivity index (χ0n) is 15.2. The molecule has 0 aliphatic carbocycles. The third kappa shape index (κ3) is 4.80. The minimum absolute atomic E-state index is 0.223. The summed E-state index contributed by atoms with van der Waals surface area (Å²) >= 11 is 1.68. The lowest BCUT2D eigenvalue weighted by Gasteiger charge is -2.07. The van der Waals surface area contributed by atoms with Crippen LogP contribution < -0.4 is 11.1 Å². The van der Waals surface area contributed by atoms with Gasteiger partial charge in [0.2, 0.25) is 0 Å². The number of nitrogens with one attached hydrogen (secondary N) is 2. The standard InChI is InChI=1S/C21H16N4O3S/c26-20(23-17-5-1-4-16(11-17)19-24-21(27)28-25-19)15-6-8-18(9-7-15)29-13-14-3-2-10-22-12-14/h1-12H,13H2,(H,23,26)(H,24,25,27). The molecule has 2 aromatic heterocycles. The number of benzene rings is 2. The van der Waals surface area contributed by atoms with Crippen molar-refractivity contribution >= 4 is 23.4 Å². The van der Waals surface area contributed by atoms with Gasteiger partial charge in [-0.3, -0.25) is 19.3 Å². The van der Waals surface area contributed by atoms with E-state index in [1.165, 1.54) is 0 Å². The SMILES string of the molecule is O=C(Nc1cccc(-c2noc(=O)[nH]2)c1)c1ccc(SCc2cccnc2)cc1. The molecule has 0 spiro atoms. The Morgan fingerprint density at radius 1 is 1.10 bits per heavy atom. The van der Waals surface area contributed by atoms with Crippen LogP contribution in [0.2, 0.25) is 0 Å². The summed E-state index contributed by atoms with van der Waals surface area (Å²) in [6.45, 7) is 0. The van der Waals surface area contributed by atoms with E-state index in [1.54, 1.807) is 54.4 Å². The predicted molar refractivity (Wildman–Crippen MR) is 111 cm³/mol. The minimum atomic E-state index is -0.629. The quantitative estimate of drug-likeness (QED) is 0.472. The third-order valence-corrected chi connectivity index (χ3v) is 5.16. The van der Waals surface area contributed by atoms with E-state index < -0.39 is 5.76 Å². The maximum absolute atomic E-state index is 12.5. The van der Waals surface area contributed by atoms with E-state index in [1.807, 2.05) is 30.5 Å².